The molecule has 2 aromatic carbocycles. The molecular formula is C22H26O3. The lowest BCUT2D eigenvalue weighted by atomic mass is 9.95. The first-order chi connectivity index (χ1) is 11.8. The Morgan fingerprint density at radius 2 is 1.56 bits per heavy atom. The van der Waals surface area contributed by atoms with Crippen LogP contribution in [0.15, 0.2) is 36.4 Å². The van der Waals surface area contributed by atoms with Crippen LogP contribution in [0.1, 0.15) is 69.2 Å². The number of aryl methyl sites for hydroxylation is 2. The van der Waals surface area contributed by atoms with Crippen molar-refractivity contribution in [3.05, 3.63) is 69.8 Å². The van der Waals surface area contributed by atoms with E-state index in [2.05, 4.69) is 13.8 Å². The monoisotopic (exact) mass is 338 g/mol. The first-order valence-electron chi connectivity index (χ1n) is 8.72. The highest BCUT2D eigenvalue weighted by Crippen LogP contribution is 2.20. The van der Waals surface area contributed by atoms with Gasteiger partial charge in [-0.3, -0.25) is 4.79 Å². The molecular weight excluding hydrogens is 312 g/mol. The summed E-state index contributed by atoms with van der Waals surface area (Å²) in [6, 6.07) is 11.3. The fourth-order valence-electron chi connectivity index (χ4n) is 2.85. The average Bonchev–Trinajstić information content (AvgIpc) is 2.62. The summed E-state index contributed by atoms with van der Waals surface area (Å²) in [5, 5.41) is 0. The largest absolute Gasteiger partial charge is 0.454 e. The molecule has 0 heterocycles. The van der Waals surface area contributed by atoms with E-state index in [1.807, 2.05) is 45.0 Å². The quantitative estimate of drug-likeness (QED) is 0.539. The molecule has 3 nitrogen and oxygen atoms in total. The van der Waals surface area contributed by atoms with Crippen LogP contribution in [0, 0.1) is 20.8 Å². The zero-order chi connectivity index (χ0) is 18.6. The fourth-order valence-corrected chi connectivity index (χ4v) is 2.85. The molecule has 2 aromatic rings. The minimum absolute atomic E-state index is 0.164. The van der Waals surface area contributed by atoms with E-state index in [1.54, 1.807) is 12.1 Å². The molecule has 0 aliphatic rings. The molecule has 0 spiro atoms. The predicted octanol–water partition coefficient (Wildman–Crippen LogP) is 5.17. The number of rotatable bonds is 6. The smallest absolute Gasteiger partial charge is 0.338 e. The molecule has 2 rings (SSSR count). The zero-order valence-corrected chi connectivity index (χ0v) is 15.7. The van der Waals surface area contributed by atoms with Crippen molar-refractivity contribution in [1.82, 2.24) is 0 Å². The van der Waals surface area contributed by atoms with Crippen LogP contribution in [0.25, 0.3) is 0 Å². The molecule has 132 valence electrons. The molecule has 0 saturated heterocycles. The summed E-state index contributed by atoms with van der Waals surface area (Å²) in [6.07, 6.45) is 1.05. The lowest BCUT2D eigenvalue weighted by Gasteiger charge is -2.12. The summed E-state index contributed by atoms with van der Waals surface area (Å²) in [5.74, 6) is -0.172. The van der Waals surface area contributed by atoms with Gasteiger partial charge < -0.3 is 4.74 Å². The second-order valence-corrected chi connectivity index (χ2v) is 6.63. The predicted molar refractivity (Wildman–Crippen MR) is 100 cm³/mol. The minimum Gasteiger partial charge on any atom is -0.454 e. The van der Waals surface area contributed by atoms with Crippen LogP contribution in [-0.4, -0.2) is 18.4 Å². The van der Waals surface area contributed by atoms with Gasteiger partial charge in [0.05, 0.1) is 5.56 Å². The molecule has 0 bridgehead atoms. The van der Waals surface area contributed by atoms with Gasteiger partial charge in [-0.1, -0.05) is 38.1 Å². The fraction of sp³-hybridized carbons (Fsp3) is 0.364. The van der Waals surface area contributed by atoms with E-state index in [0.717, 1.165) is 23.1 Å². The summed E-state index contributed by atoms with van der Waals surface area (Å²) in [5.41, 5.74) is 5.22. The summed E-state index contributed by atoms with van der Waals surface area (Å²) >= 11 is 0. The summed E-state index contributed by atoms with van der Waals surface area (Å²) in [4.78, 5) is 24.7. The second kappa shape index (κ2) is 8.11. The van der Waals surface area contributed by atoms with Crippen molar-refractivity contribution in [3.63, 3.8) is 0 Å². The number of ether oxygens (including phenoxy) is 1. The summed E-state index contributed by atoms with van der Waals surface area (Å²) in [7, 11) is 0. The van der Waals surface area contributed by atoms with Crippen LogP contribution in [0.5, 0.6) is 0 Å². The summed E-state index contributed by atoms with van der Waals surface area (Å²) in [6.45, 7) is 9.83. The molecule has 0 N–H and O–H groups in total. The molecule has 3 heteroatoms. The standard InChI is InChI=1S/C22H26O3/c1-6-14(2)18-9-11-19(12-10-18)22(24)25-13-20(23)21-16(4)8-7-15(3)17(21)5/h7-12,14H,6,13H2,1-5H3. The number of carbonyl (C=O) groups excluding carboxylic acids is 2. The van der Waals surface area contributed by atoms with Gasteiger partial charge in [0.2, 0.25) is 5.78 Å². The molecule has 0 radical (unpaired) electrons. The molecule has 0 amide bonds. The van der Waals surface area contributed by atoms with Gasteiger partial charge in [0.25, 0.3) is 0 Å². The van der Waals surface area contributed by atoms with Gasteiger partial charge in [-0.15, -0.1) is 0 Å². The normalized spacial score (nSPS) is 11.9. The Bertz CT molecular complexity index is 773. The van der Waals surface area contributed by atoms with Crippen LogP contribution < -0.4 is 0 Å². The number of esters is 1. The topological polar surface area (TPSA) is 43.4 Å². The second-order valence-electron chi connectivity index (χ2n) is 6.63. The Morgan fingerprint density at radius 1 is 0.960 bits per heavy atom. The average molecular weight is 338 g/mol. The molecule has 0 aliphatic heterocycles. The lowest BCUT2D eigenvalue weighted by molar-refractivity contribution is 0.0474. The van der Waals surface area contributed by atoms with Gasteiger partial charge in [-0.2, -0.15) is 0 Å². The van der Waals surface area contributed by atoms with Gasteiger partial charge in [-0.05, 0) is 67.5 Å². The third-order valence-electron chi connectivity index (χ3n) is 4.89. The van der Waals surface area contributed by atoms with Crippen LogP contribution in [0.3, 0.4) is 0 Å². The van der Waals surface area contributed by atoms with Gasteiger partial charge in [0.15, 0.2) is 6.61 Å². The first kappa shape index (κ1) is 18.9. The number of hydrogen-bond acceptors (Lipinski definition) is 3. The number of Topliss-reactive ketones (excluding diaryl/α,β-unsaturated/α-hetero) is 1. The Balaban J connectivity index is 2.05. The number of ketones is 1. The maximum absolute atomic E-state index is 12.5. The molecule has 0 saturated carbocycles. The van der Waals surface area contributed by atoms with Gasteiger partial charge in [0, 0.05) is 5.56 Å². The van der Waals surface area contributed by atoms with Crippen molar-refractivity contribution in [2.45, 2.75) is 47.0 Å². The first-order valence-corrected chi connectivity index (χ1v) is 8.72. The lowest BCUT2D eigenvalue weighted by Crippen LogP contribution is -2.16. The molecule has 0 aromatic heterocycles. The van der Waals surface area contributed by atoms with Gasteiger partial charge in [-0.25, -0.2) is 4.79 Å². The summed E-state index contributed by atoms with van der Waals surface area (Å²) < 4.78 is 5.23. The van der Waals surface area contributed by atoms with Crippen molar-refractivity contribution < 1.29 is 14.3 Å². The van der Waals surface area contributed by atoms with E-state index in [9.17, 15) is 9.59 Å². The third-order valence-corrected chi connectivity index (χ3v) is 4.89. The number of benzene rings is 2. The van der Waals surface area contributed by atoms with Crippen molar-refractivity contribution >= 4 is 11.8 Å². The van der Waals surface area contributed by atoms with E-state index in [-0.39, 0.29) is 12.4 Å². The van der Waals surface area contributed by atoms with Crippen molar-refractivity contribution in [3.8, 4) is 0 Å². The number of carbonyl (C=O) groups is 2. The molecule has 25 heavy (non-hydrogen) atoms. The molecule has 0 aliphatic carbocycles. The van der Waals surface area contributed by atoms with Crippen LogP contribution in [-0.2, 0) is 4.74 Å². The Kier molecular flexibility index (Phi) is 6.13. The highest BCUT2D eigenvalue weighted by molar-refractivity contribution is 6.01. The van der Waals surface area contributed by atoms with Crippen LogP contribution in [0.4, 0.5) is 0 Å². The van der Waals surface area contributed by atoms with Crippen LogP contribution in [0.2, 0.25) is 0 Å². The minimum atomic E-state index is -0.466. The maximum Gasteiger partial charge on any atom is 0.338 e. The highest BCUT2D eigenvalue weighted by atomic mass is 16.5. The zero-order valence-electron chi connectivity index (χ0n) is 15.7. The number of hydrogen-bond donors (Lipinski definition) is 0. The SMILES string of the molecule is CCC(C)c1ccc(C(=O)OCC(=O)c2c(C)ccc(C)c2C)cc1. The van der Waals surface area contributed by atoms with E-state index >= 15 is 0 Å². The van der Waals surface area contributed by atoms with Gasteiger partial charge >= 0.3 is 5.97 Å². The Hall–Kier alpha value is -2.42. The van der Waals surface area contributed by atoms with E-state index in [0.29, 0.717) is 17.0 Å². The molecule has 1 atom stereocenters. The van der Waals surface area contributed by atoms with Crippen molar-refractivity contribution in [2.24, 2.45) is 0 Å². The van der Waals surface area contributed by atoms with E-state index in [1.165, 1.54) is 5.56 Å². The Morgan fingerprint density at radius 3 is 2.16 bits per heavy atom. The van der Waals surface area contributed by atoms with Crippen LogP contribution >= 0.6 is 0 Å². The van der Waals surface area contributed by atoms with E-state index in [4.69, 9.17) is 4.74 Å². The van der Waals surface area contributed by atoms with E-state index < -0.39 is 5.97 Å². The Labute approximate surface area is 150 Å². The highest BCUT2D eigenvalue weighted by Gasteiger charge is 2.16. The van der Waals surface area contributed by atoms with Crippen molar-refractivity contribution in [1.29, 1.82) is 0 Å². The van der Waals surface area contributed by atoms with Gasteiger partial charge in [0.1, 0.15) is 0 Å². The third kappa shape index (κ3) is 4.36. The molecule has 0 fully saturated rings. The van der Waals surface area contributed by atoms with Crippen molar-refractivity contribution in [2.75, 3.05) is 6.61 Å². The molecule has 1 unspecified atom stereocenters. The maximum atomic E-state index is 12.5.